The van der Waals surface area contributed by atoms with E-state index in [4.69, 9.17) is 5.73 Å². The molecular weight excluding hydrogens is 160 g/mol. The van der Waals surface area contributed by atoms with Gasteiger partial charge in [-0.3, -0.25) is 10.1 Å². The summed E-state index contributed by atoms with van der Waals surface area (Å²) in [6, 6.07) is -0.956. The van der Waals surface area contributed by atoms with Crippen molar-refractivity contribution in [1.29, 1.82) is 0 Å². The number of rotatable bonds is 1. The molecule has 0 radical (unpaired) electrons. The molecule has 1 aliphatic carbocycles. The van der Waals surface area contributed by atoms with Crippen LogP contribution in [0.5, 0.6) is 0 Å². The van der Waals surface area contributed by atoms with Crippen LogP contribution >= 0.6 is 0 Å². The first-order chi connectivity index (χ1) is 5.66. The fourth-order valence-corrected chi connectivity index (χ4v) is 0.889. The minimum absolute atomic E-state index is 0.101. The molecule has 1 rings (SSSR count). The summed E-state index contributed by atoms with van der Waals surface area (Å²) in [7, 11) is 0. The zero-order valence-electron chi connectivity index (χ0n) is 6.06. The Morgan fingerprint density at radius 2 is 2.33 bits per heavy atom. The van der Waals surface area contributed by atoms with E-state index in [1.807, 2.05) is 0 Å². The largest absolute Gasteiger partial charge is 0.314 e. The van der Waals surface area contributed by atoms with Gasteiger partial charge in [-0.15, -0.1) is 0 Å². The predicted octanol–water partition coefficient (Wildman–Crippen LogP) is -0.198. The van der Waals surface area contributed by atoms with Crippen molar-refractivity contribution in [3.63, 3.8) is 0 Å². The van der Waals surface area contributed by atoms with Crippen LogP contribution in [-0.2, 0) is 4.79 Å². The number of nitro groups is 1. The summed E-state index contributed by atoms with van der Waals surface area (Å²) < 4.78 is 0. The van der Waals surface area contributed by atoms with Crippen LogP contribution in [0.3, 0.4) is 0 Å². The maximum absolute atomic E-state index is 10.3. The molecule has 1 atom stereocenters. The molecule has 0 aliphatic heterocycles. The topological polar surface area (TPSA) is 86.2 Å². The van der Waals surface area contributed by atoms with Crippen molar-refractivity contribution in [3.8, 4) is 0 Å². The lowest BCUT2D eigenvalue weighted by Gasteiger charge is -2.09. The van der Waals surface area contributed by atoms with E-state index in [2.05, 4.69) is 0 Å². The summed E-state index contributed by atoms with van der Waals surface area (Å²) >= 11 is 0. The quantitative estimate of drug-likeness (QED) is 0.332. The van der Waals surface area contributed by atoms with Crippen LogP contribution in [0.1, 0.15) is 0 Å². The van der Waals surface area contributed by atoms with Gasteiger partial charge in [-0.05, 0) is 6.08 Å². The molecule has 0 amide bonds. The molecule has 0 heterocycles. The first-order valence-corrected chi connectivity index (χ1v) is 3.20. The van der Waals surface area contributed by atoms with Crippen molar-refractivity contribution >= 4 is 5.94 Å². The first kappa shape index (κ1) is 8.39. The SMILES string of the molecule is NC1C(=C=O)C=CC=C1[N+](=O)[O-]. The van der Waals surface area contributed by atoms with Gasteiger partial charge >= 0.3 is 0 Å². The molecule has 5 nitrogen and oxygen atoms in total. The molecule has 0 aromatic carbocycles. The normalized spacial score (nSPS) is 21.6. The van der Waals surface area contributed by atoms with E-state index in [0.29, 0.717) is 0 Å². The van der Waals surface area contributed by atoms with E-state index >= 15 is 0 Å². The number of hydrogen-bond donors (Lipinski definition) is 1. The second-order valence-electron chi connectivity index (χ2n) is 2.24. The molecule has 0 saturated heterocycles. The van der Waals surface area contributed by atoms with Crippen molar-refractivity contribution in [3.05, 3.63) is 39.6 Å². The van der Waals surface area contributed by atoms with Gasteiger partial charge in [-0.2, -0.15) is 0 Å². The number of nitrogens with zero attached hydrogens (tertiary/aromatic N) is 1. The molecule has 0 aromatic heterocycles. The zero-order valence-corrected chi connectivity index (χ0v) is 6.06. The summed E-state index contributed by atoms with van der Waals surface area (Å²) in [5.74, 6) is 1.55. The van der Waals surface area contributed by atoms with Crippen molar-refractivity contribution in [1.82, 2.24) is 0 Å². The number of hydrogen-bond acceptors (Lipinski definition) is 4. The van der Waals surface area contributed by atoms with Crippen LogP contribution in [-0.4, -0.2) is 16.9 Å². The average Bonchev–Trinajstić information content (AvgIpc) is 2.04. The third-order valence-corrected chi connectivity index (χ3v) is 1.53. The highest BCUT2D eigenvalue weighted by atomic mass is 16.6. The Balaban J connectivity index is 3.06. The monoisotopic (exact) mass is 166 g/mol. The average molecular weight is 166 g/mol. The van der Waals surface area contributed by atoms with Gasteiger partial charge in [0.25, 0.3) is 5.70 Å². The molecule has 62 valence electrons. The highest BCUT2D eigenvalue weighted by Gasteiger charge is 2.25. The van der Waals surface area contributed by atoms with Crippen molar-refractivity contribution in [2.75, 3.05) is 0 Å². The van der Waals surface area contributed by atoms with Gasteiger partial charge in [0, 0.05) is 6.08 Å². The second kappa shape index (κ2) is 3.13. The Labute approximate surface area is 68.0 Å². The highest BCUT2D eigenvalue weighted by Crippen LogP contribution is 2.14. The number of carbonyl (C=O) groups excluding carboxylic acids is 1. The van der Waals surface area contributed by atoms with Crippen LogP contribution in [0, 0.1) is 10.1 Å². The predicted molar refractivity (Wildman–Crippen MR) is 41.4 cm³/mol. The van der Waals surface area contributed by atoms with Crippen LogP contribution in [0.15, 0.2) is 29.5 Å². The molecule has 0 aromatic rings. The summed E-state index contributed by atoms with van der Waals surface area (Å²) in [4.78, 5) is 19.9. The minimum Gasteiger partial charge on any atom is -0.314 e. The highest BCUT2D eigenvalue weighted by molar-refractivity contribution is 5.62. The molecule has 12 heavy (non-hydrogen) atoms. The van der Waals surface area contributed by atoms with Crippen molar-refractivity contribution in [2.45, 2.75) is 6.04 Å². The molecule has 0 spiro atoms. The summed E-state index contributed by atoms with van der Waals surface area (Å²) in [6.45, 7) is 0. The second-order valence-corrected chi connectivity index (χ2v) is 2.24. The Morgan fingerprint density at radius 3 is 2.83 bits per heavy atom. The standard InChI is InChI=1S/C7H6N2O3/c8-7-5(4-10)2-1-3-6(7)9(11)12/h1-3,7H,8H2. The summed E-state index contributed by atoms with van der Waals surface area (Å²) in [5, 5.41) is 10.3. The molecular formula is C7H6N2O3. The van der Waals surface area contributed by atoms with Crippen LogP contribution in [0.25, 0.3) is 0 Å². The molecule has 0 saturated carbocycles. The fraction of sp³-hybridized carbons (Fsp3) is 0.143. The minimum atomic E-state index is -0.956. The lowest BCUT2D eigenvalue weighted by molar-refractivity contribution is -0.428. The van der Waals surface area contributed by atoms with E-state index in [1.54, 1.807) is 5.94 Å². The van der Waals surface area contributed by atoms with Crippen LogP contribution in [0.2, 0.25) is 0 Å². The van der Waals surface area contributed by atoms with Crippen molar-refractivity contribution in [2.24, 2.45) is 5.73 Å². The van der Waals surface area contributed by atoms with Gasteiger partial charge < -0.3 is 5.73 Å². The van der Waals surface area contributed by atoms with E-state index in [0.717, 1.165) is 0 Å². The third-order valence-electron chi connectivity index (χ3n) is 1.53. The Morgan fingerprint density at radius 1 is 1.67 bits per heavy atom. The molecule has 2 N–H and O–H groups in total. The van der Waals surface area contributed by atoms with E-state index in [1.165, 1.54) is 18.2 Å². The first-order valence-electron chi connectivity index (χ1n) is 3.20. The smallest absolute Gasteiger partial charge is 0.268 e. The van der Waals surface area contributed by atoms with Gasteiger partial charge in [-0.1, -0.05) is 6.08 Å². The van der Waals surface area contributed by atoms with Gasteiger partial charge in [0.15, 0.2) is 0 Å². The molecule has 0 fully saturated rings. The fourth-order valence-electron chi connectivity index (χ4n) is 0.889. The molecule has 1 aliphatic rings. The van der Waals surface area contributed by atoms with Crippen LogP contribution < -0.4 is 5.73 Å². The molecule has 5 heteroatoms. The van der Waals surface area contributed by atoms with E-state index in [9.17, 15) is 14.9 Å². The lowest BCUT2D eigenvalue weighted by Crippen LogP contribution is -2.30. The van der Waals surface area contributed by atoms with Crippen molar-refractivity contribution < 1.29 is 9.72 Å². The van der Waals surface area contributed by atoms with Gasteiger partial charge in [-0.25, -0.2) is 4.79 Å². The van der Waals surface area contributed by atoms with E-state index in [-0.39, 0.29) is 11.3 Å². The van der Waals surface area contributed by atoms with Crippen LogP contribution in [0.4, 0.5) is 0 Å². The Kier molecular flexibility index (Phi) is 2.19. The lowest BCUT2D eigenvalue weighted by atomic mass is 10.0. The summed E-state index contributed by atoms with van der Waals surface area (Å²) in [5.41, 5.74) is 5.29. The molecule has 0 bridgehead atoms. The molecule has 1 unspecified atom stereocenters. The maximum Gasteiger partial charge on any atom is 0.268 e. The summed E-state index contributed by atoms with van der Waals surface area (Å²) in [6.07, 6.45) is 4.08. The van der Waals surface area contributed by atoms with Gasteiger partial charge in [0.2, 0.25) is 0 Å². The van der Waals surface area contributed by atoms with Gasteiger partial charge in [0.1, 0.15) is 12.0 Å². The van der Waals surface area contributed by atoms with Gasteiger partial charge in [0.05, 0.1) is 10.5 Å². The number of nitrogens with two attached hydrogens (primary N) is 1. The Bertz CT molecular complexity index is 324. The number of allylic oxidation sites excluding steroid dienone is 2. The zero-order chi connectivity index (χ0) is 9.14. The third kappa shape index (κ3) is 1.32. The maximum atomic E-state index is 10.3. The Hall–Kier alpha value is -1.71. The van der Waals surface area contributed by atoms with E-state index < -0.39 is 11.0 Å².